The van der Waals surface area contributed by atoms with Gasteiger partial charge in [-0.15, -0.1) is 0 Å². The van der Waals surface area contributed by atoms with Gasteiger partial charge >= 0.3 is 0 Å². The van der Waals surface area contributed by atoms with Gasteiger partial charge in [-0.1, -0.05) is 20.8 Å². The number of anilines is 1. The van der Waals surface area contributed by atoms with E-state index in [1.54, 1.807) is 13.3 Å². The van der Waals surface area contributed by atoms with E-state index in [1.165, 1.54) is 0 Å². The third kappa shape index (κ3) is 3.92. The van der Waals surface area contributed by atoms with Crippen molar-refractivity contribution < 1.29 is 9.47 Å². The molecule has 0 radical (unpaired) electrons. The highest BCUT2D eigenvalue weighted by Gasteiger charge is 2.21. The van der Waals surface area contributed by atoms with Gasteiger partial charge in [0.1, 0.15) is 5.82 Å². The molecule has 0 fully saturated rings. The largest absolute Gasteiger partial charge is 0.493 e. The van der Waals surface area contributed by atoms with E-state index in [-0.39, 0.29) is 11.5 Å². The Morgan fingerprint density at radius 2 is 1.83 bits per heavy atom. The number of benzene rings is 1. The van der Waals surface area contributed by atoms with Crippen molar-refractivity contribution in [2.45, 2.75) is 46.1 Å². The molecule has 1 aromatic carbocycles. The quantitative estimate of drug-likeness (QED) is 0.928. The first-order valence-corrected chi connectivity index (χ1v) is 7.70. The average molecular weight is 315 g/mol. The van der Waals surface area contributed by atoms with E-state index in [0.29, 0.717) is 17.3 Å². The lowest BCUT2D eigenvalue weighted by molar-refractivity contribution is 0.230. The zero-order valence-corrected chi connectivity index (χ0v) is 14.7. The number of nitrogens with two attached hydrogens (primary N) is 1. The number of ether oxygens (including phenoxy) is 2. The number of hydrogen-bond acceptors (Lipinski definition) is 5. The summed E-state index contributed by atoms with van der Waals surface area (Å²) in [6.45, 7) is 10.2. The van der Waals surface area contributed by atoms with Crippen molar-refractivity contribution >= 4 is 5.82 Å². The minimum Gasteiger partial charge on any atom is -0.493 e. The summed E-state index contributed by atoms with van der Waals surface area (Å²) < 4.78 is 11.2. The first kappa shape index (κ1) is 17.1. The van der Waals surface area contributed by atoms with E-state index in [9.17, 15) is 0 Å². The molecule has 0 spiro atoms. The Morgan fingerprint density at radius 1 is 1.13 bits per heavy atom. The van der Waals surface area contributed by atoms with Crippen LogP contribution < -0.4 is 15.2 Å². The molecule has 5 heteroatoms. The molecule has 0 bridgehead atoms. The third-order valence-corrected chi connectivity index (χ3v) is 3.33. The first-order valence-electron chi connectivity index (χ1n) is 7.70. The lowest BCUT2D eigenvalue weighted by atomic mass is 9.91. The van der Waals surface area contributed by atoms with E-state index in [2.05, 4.69) is 25.8 Å². The lowest BCUT2D eigenvalue weighted by Crippen LogP contribution is -2.17. The van der Waals surface area contributed by atoms with Crippen LogP contribution in [0.3, 0.4) is 0 Å². The van der Waals surface area contributed by atoms with Gasteiger partial charge in [0.25, 0.3) is 0 Å². The smallest absolute Gasteiger partial charge is 0.161 e. The maximum absolute atomic E-state index is 5.97. The number of aromatic nitrogens is 2. The van der Waals surface area contributed by atoms with Crippen LogP contribution in [0.1, 0.15) is 40.3 Å². The van der Waals surface area contributed by atoms with E-state index >= 15 is 0 Å². The number of hydrogen-bond donors (Lipinski definition) is 1. The second-order valence-corrected chi connectivity index (χ2v) is 6.77. The van der Waals surface area contributed by atoms with Crippen LogP contribution in [0.4, 0.5) is 5.82 Å². The fourth-order valence-corrected chi connectivity index (χ4v) is 2.27. The van der Waals surface area contributed by atoms with Crippen LogP contribution in [0, 0.1) is 0 Å². The van der Waals surface area contributed by atoms with Gasteiger partial charge in [0, 0.05) is 11.0 Å². The first-order chi connectivity index (χ1) is 10.7. The summed E-state index contributed by atoms with van der Waals surface area (Å²) in [5, 5.41) is 0. The Kier molecular flexibility index (Phi) is 4.78. The summed E-state index contributed by atoms with van der Waals surface area (Å²) >= 11 is 0. The molecular weight excluding hydrogens is 290 g/mol. The van der Waals surface area contributed by atoms with Crippen LogP contribution >= 0.6 is 0 Å². The number of methoxy groups -OCH3 is 1. The summed E-state index contributed by atoms with van der Waals surface area (Å²) in [6.07, 6.45) is 1.76. The summed E-state index contributed by atoms with van der Waals surface area (Å²) in [7, 11) is 1.63. The minimum atomic E-state index is -0.169. The van der Waals surface area contributed by atoms with Gasteiger partial charge in [-0.25, -0.2) is 9.97 Å². The predicted molar refractivity (Wildman–Crippen MR) is 92.9 cm³/mol. The molecule has 2 rings (SSSR count). The van der Waals surface area contributed by atoms with Crippen molar-refractivity contribution in [2.24, 2.45) is 0 Å². The van der Waals surface area contributed by atoms with Crippen molar-refractivity contribution in [2.75, 3.05) is 12.8 Å². The SMILES string of the molecule is COc1cc(-c2cnc(N)c(C(C)(C)C)n2)ccc1OC(C)C. The number of rotatable bonds is 4. The zero-order chi connectivity index (χ0) is 17.2. The van der Waals surface area contributed by atoms with Crippen LogP contribution in [0.2, 0.25) is 0 Å². The average Bonchev–Trinajstić information content (AvgIpc) is 2.46. The summed E-state index contributed by atoms with van der Waals surface area (Å²) in [5.41, 5.74) is 8.27. The van der Waals surface area contributed by atoms with Gasteiger partial charge in [-0.3, -0.25) is 0 Å². The molecule has 2 N–H and O–H groups in total. The van der Waals surface area contributed by atoms with Crippen molar-refractivity contribution in [1.82, 2.24) is 9.97 Å². The highest BCUT2D eigenvalue weighted by molar-refractivity contribution is 5.64. The van der Waals surface area contributed by atoms with Crippen molar-refractivity contribution in [3.63, 3.8) is 0 Å². The van der Waals surface area contributed by atoms with Gasteiger partial charge in [0.05, 0.1) is 30.8 Å². The fraction of sp³-hybridized carbons (Fsp3) is 0.444. The number of nitrogen functional groups attached to an aromatic ring is 1. The van der Waals surface area contributed by atoms with Crippen molar-refractivity contribution in [3.05, 3.63) is 30.1 Å². The number of nitrogens with zero attached hydrogens (tertiary/aromatic N) is 2. The van der Waals surface area contributed by atoms with Crippen LogP contribution in [-0.4, -0.2) is 23.2 Å². The van der Waals surface area contributed by atoms with Gasteiger partial charge in [-0.05, 0) is 32.0 Å². The van der Waals surface area contributed by atoms with Gasteiger partial charge in [0.15, 0.2) is 11.5 Å². The topological polar surface area (TPSA) is 70.3 Å². The minimum absolute atomic E-state index is 0.0820. The Labute approximate surface area is 137 Å². The molecule has 5 nitrogen and oxygen atoms in total. The normalized spacial score (nSPS) is 11.6. The Bertz CT molecular complexity index is 691. The van der Waals surface area contributed by atoms with Gasteiger partial charge in [0.2, 0.25) is 0 Å². The monoisotopic (exact) mass is 315 g/mol. The molecule has 1 aromatic heterocycles. The molecule has 0 amide bonds. The van der Waals surface area contributed by atoms with Crippen LogP contribution in [0.25, 0.3) is 11.3 Å². The molecule has 1 heterocycles. The molecule has 0 saturated carbocycles. The van der Waals surface area contributed by atoms with E-state index < -0.39 is 0 Å². The molecule has 23 heavy (non-hydrogen) atoms. The summed E-state index contributed by atoms with van der Waals surface area (Å²) in [5.74, 6) is 1.85. The lowest BCUT2D eigenvalue weighted by Gasteiger charge is -2.20. The molecule has 0 aliphatic rings. The van der Waals surface area contributed by atoms with E-state index in [1.807, 2.05) is 32.0 Å². The van der Waals surface area contributed by atoms with Gasteiger partial charge < -0.3 is 15.2 Å². The van der Waals surface area contributed by atoms with Crippen molar-refractivity contribution in [1.29, 1.82) is 0 Å². The zero-order valence-electron chi connectivity index (χ0n) is 14.7. The maximum Gasteiger partial charge on any atom is 0.161 e. The Balaban J connectivity index is 2.47. The molecule has 0 unspecified atom stereocenters. The fourth-order valence-electron chi connectivity index (χ4n) is 2.27. The van der Waals surface area contributed by atoms with Crippen molar-refractivity contribution in [3.8, 4) is 22.8 Å². The highest BCUT2D eigenvalue weighted by Crippen LogP contribution is 2.33. The van der Waals surface area contributed by atoms with Gasteiger partial charge in [-0.2, -0.15) is 0 Å². The van der Waals surface area contributed by atoms with Crippen LogP contribution in [-0.2, 0) is 5.41 Å². The molecule has 0 aliphatic heterocycles. The van der Waals surface area contributed by atoms with E-state index in [4.69, 9.17) is 20.2 Å². The molecular formula is C18H25N3O2. The second-order valence-electron chi connectivity index (χ2n) is 6.77. The molecule has 2 aromatic rings. The third-order valence-electron chi connectivity index (χ3n) is 3.33. The summed E-state index contributed by atoms with van der Waals surface area (Å²) in [6, 6.07) is 5.75. The second kappa shape index (κ2) is 6.44. The molecule has 124 valence electrons. The molecule has 0 aliphatic carbocycles. The standard InChI is InChI=1S/C18H25N3O2/c1-11(2)23-14-8-7-12(9-15(14)22-6)13-10-20-17(19)16(21-13)18(3,4)5/h7-11H,1-6H3,(H2,19,20). The van der Waals surface area contributed by atoms with E-state index in [0.717, 1.165) is 17.0 Å². The predicted octanol–water partition coefficient (Wildman–Crippen LogP) is 3.82. The van der Waals surface area contributed by atoms with Crippen LogP contribution in [0.5, 0.6) is 11.5 Å². The Morgan fingerprint density at radius 3 is 2.39 bits per heavy atom. The highest BCUT2D eigenvalue weighted by atomic mass is 16.5. The maximum atomic E-state index is 5.97. The van der Waals surface area contributed by atoms with Crippen LogP contribution in [0.15, 0.2) is 24.4 Å². The summed E-state index contributed by atoms with van der Waals surface area (Å²) in [4.78, 5) is 8.99. The molecule has 0 atom stereocenters. The Hall–Kier alpha value is -2.30. The molecule has 0 saturated heterocycles.